The number of rotatable bonds is 19. The molecular formula is C40H50N6O6S. The van der Waals surface area contributed by atoms with E-state index in [2.05, 4.69) is 34.3 Å². The number of nitrogens with one attached hydrogen (secondary N) is 1. The van der Waals surface area contributed by atoms with Crippen LogP contribution in [0.1, 0.15) is 64.8 Å². The lowest BCUT2D eigenvalue weighted by molar-refractivity contribution is -0.142. The Labute approximate surface area is 314 Å². The molecule has 1 amide bonds. The van der Waals surface area contributed by atoms with E-state index in [0.29, 0.717) is 48.3 Å². The second-order valence-corrected chi connectivity index (χ2v) is 14.6. The summed E-state index contributed by atoms with van der Waals surface area (Å²) >= 11 is 0. The first-order chi connectivity index (χ1) is 25.7. The number of unbranched alkanes of at least 4 members (excludes halogenated alkanes) is 1. The van der Waals surface area contributed by atoms with Crippen molar-refractivity contribution in [3.8, 4) is 16.9 Å². The second-order valence-electron chi connectivity index (χ2n) is 13.1. The van der Waals surface area contributed by atoms with Crippen molar-refractivity contribution >= 4 is 40.3 Å². The molecule has 0 spiro atoms. The molecule has 0 aliphatic carbocycles. The zero-order valence-corrected chi connectivity index (χ0v) is 31.9. The van der Waals surface area contributed by atoms with Gasteiger partial charge in [-0.25, -0.2) is 4.98 Å². The number of hydrogen-bond donors (Lipinski definition) is 1. The first-order valence-electron chi connectivity index (χ1n) is 18.3. The number of esters is 1. The van der Waals surface area contributed by atoms with Crippen LogP contribution in [-0.4, -0.2) is 75.4 Å². The molecule has 0 saturated carbocycles. The van der Waals surface area contributed by atoms with E-state index in [9.17, 15) is 13.8 Å². The van der Waals surface area contributed by atoms with Crippen LogP contribution in [0.5, 0.6) is 5.75 Å². The fourth-order valence-corrected chi connectivity index (χ4v) is 7.01. The molecule has 2 aromatic carbocycles. The third kappa shape index (κ3) is 11.6. The van der Waals surface area contributed by atoms with Crippen LogP contribution in [0, 0.1) is 5.92 Å². The largest absolute Gasteiger partial charge is 0.491 e. The average Bonchev–Trinajstić information content (AvgIpc) is 3.82. The second kappa shape index (κ2) is 19.8. The van der Waals surface area contributed by atoms with Gasteiger partial charge < -0.3 is 29.0 Å². The number of ether oxygens (including phenoxy) is 3. The van der Waals surface area contributed by atoms with Gasteiger partial charge in [0.1, 0.15) is 30.3 Å². The predicted octanol–water partition coefficient (Wildman–Crippen LogP) is 6.68. The Bertz CT molecular complexity index is 1860. The summed E-state index contributed by atoms with van der Waals surface area (Å²) in [5.74, 6) is 2.10. The molecule has 3 heterocycles. The van der Waals surface area contributed by atoms with E-state index < -0.39 is 10.8 Å². The van der Waals surface area contributed by atoms with E-state index in [0.717, 1.165) is 73.6 Å². The number of pyridine rings is 1. The highest BCUT2D eigenvalue weighted by atomic mass is 32.2. The minimum atomic E-state index is -1.31. The molecule has 5 rings (SSSR count). The number of anilines is 2. The van der Waals surface area contributed by atoms with Crippen molar-refractivity contribution in [3.63, 3.8) is 0 Å². The molecule has 13 heteroatoms. The van der Waals surface area contributed by atoms with Gasteiger partial charge >= 0.3 is 5.97 Å². The maximum atomic E-state index is 13.5. The summed E-state index contributed by atoms with van der Waals surface area (Å²) in [4.78, 5) is 32.6. The predicted molar refractivity (Wildman–Crippen MR) is 207 cm³/mol. The van der Waals surface area contributed by atoms with Gasteiger partial charge in [0.2, 0.25) is 0 Å². The normalized spacial score (nSPS) is 15.0. The fraction of sp³-hybridized carbons (Fsp3) is 0.425. The van der Waals surface area contributed by atoms with Gasteiger partial charge in [0.15, 0.2) is 0 Å². The molecule has 2 unspecified atom stereocenters. The lowest BCUT2D eigenvalue weighted by atomic mass is 10.0. The lowest BCUT2D eigenvalue weighted by Crippen LogP contribution is -2.23. The molecule has 4 aromatic rings. The zero-order valence-electron chi connectivity index (χ0n) is 31.1. The molecule has 53 heavy (non-hydrogen) atoms. The third-order valence-electron chi connectivity index (χ3n) is 8.85. The lowest BCUT2D eigenvalue weighted by Gasteiger charge is -2.21. The van der Waals surface area contributed by atoms with Crippen LogP contribution in [0.2, 0.25) is 0 Å². The molecule has 2 aromatic heterocycles. The number of amides is 1. The van der Waals surface area contributed by atoms with Gasteiger partial charge in [0.05, 0.1) is 29.8 Å². The van der Waals surface area contributed by atoms with Crippen molar-refractivity contribution in [1.82, 2.24) is 19.7 Å². The summed E-state index contributed by atoms with van der Waals surface area (Å²) in [5.41, 5.74) is 3.75. The van der Waals surface area contributed by atoms with Gasteiger partial charge in [-0.05, 0) is 80.3 Å². The van der Waals surface area contributed by atoms with Gasteiger partial charge in [-0.3, -0.25) is 13.8 Å². The minimum absolute atomic E-state index is 0.193. The number of nitrogens with zero attached hydrogens (tertiary/aromatic N) is 5. The van der Waals surface area contributed by atoms with E-state index in [-0.39, 0.29) is 23.5 Å². The minimum Gasteiger partial charge on any atom is -0.491 e. The summed E-state index contributed by atoms with van der Waals surface area (Å²) in [6.45, 7) is 11.7. The number of carbonyl (C=O) groups excluding carboxylic acids is 2. The summed E-state index contributed by atoms with van der Waals surface area (Å²) in [5, 5.41) is 11.1. The Morgan fingerprint density at radius 3 is 2.53 bits per heavy atom. The highest BCUT2D eigenvalue weighted by Crippen LogP contribution is 2.31. The molecular weight excluding hydrogens is 693 g/mol. The Morgan fingerprint density at radius 1 is 1.00 bits per heavy atom. The Morgan fingerprint density at radius 2 is 1.79 bits per heavy atom. The number of aryl methyl sites for hydroxylation is 1. The molecule has 2 atom stereocenters. The zero-order chi connectivity index (χ0) is 37.6. The summed E-state index contributed by atoms with van der Waals surface area (Å²) < 4.78 is 31.7. The quantitative estimate of drug-likeness (QED) is 0.0629. The van der Waals surface area contributed by atoms with Gasteiger partial charge in [-0.15, -0.1) is 10.2 Å². The highest BCUT2D eigenvalue weighted by molar-refractivity contribution is 7.84. The number of benzene rings is 2. The van der Waals surface area contributed by atoms with Crippen LogP contribution < -0.4 is 15.0 Å². The van der Waals surface area contributed by atoms with Crippen LogP contribution in [0.4, 0.5) is 11.5 Å². The Balaban J connectivity index is 1.29. The van der Waals surface area contributed by atoms with Crippen molar-refractivity contribution in [2.45, 2.75) is 70.6 Å². The molecule has 1 aliphatic heterocycles. The van der Waals surface area contributed by atoms with E-state index in [1.165, 1.54) is 6.92 Å². The third-order valence-corrected chi connectivity index (χ3v) is 10.2. The maximum Gasteiger partial charge on any atom is 0.302 e. The van der Waals surface area contributed by atoms with Crippen molar-refractivity contribution in [2.75, 3.05) is 49.7 Å². The monoisotopic (exact) mass is 742 g/mol. The van der Waals surface area contributed by atoms with Crippen molar-refractivity contribution in [1.29, 1.82) is 0 Å². The van der Waals surface area contributed by atoms with E-state index >= 15 is 0 Å². The topological polar surface area (TPSA) is 138 Å². The van der Waals surface area contributed by atoms with E-state index in [1.54, 1.807) is 37.5 Å². The highest BCUT2D eigenvalue weighted by Gasteiger charge is 2.26. The molecule has 1 saturated heterocycles. The fourth-order valence-electron chi connectivity index (χ4n) is 5.95. The first kappa shape index (κ1) is 39.3. The summed E-state index contributed by atoms with van der Waals surface area (Å²) in [6.07, 6.45) is 9.30. The Kier molecular flexibility index (Phi) is 14.7. The van der Waals surface area contributed by atoms with Gasteiger partial charge in [0.25, 0.3) is 5.91 Å². The molecule has 12 nitrogen and oxygen atoms in total. The molecule has 0 radical (unpaired) electrons. The van der Waals surface area contributed by atoms with Crippen molar-refractivity contribution in [2.24, 2.45) is 5.92 Å². The summed E-state index contributed by atoms with van der Waals surface area (Å²) in [6, 6.07) is 16.9. The van der Waals surface area contributed by atoms with E-state index in [1.807, 2.05) is 47.2 Å². The first-order valence-corrected chi connectivity index (χ1v) is 19.6. The SMILES string of the molecule is CCCCOCCOc1ccc(-c2cnc(N3CCC(COC(C)=O)C3)c(C=C(C)C(=O)Nc3ccc(S(=O)Cc4nncn4CCC)cc3)c2)cc1. The van der Waals surface area contributed by atoms with Gasteiger partial charge in [-0.1, -0.05) is 32.4 Å². The average molecular weight is 743 g/mol. The van der Waals surface area contributed by atoms with Crippen LogP contribution in [0.25, 0.3) is 17.2 Å². The molecule has 1 N–H and O–H groups in total. The Hall–Kier alpha value is -4.88. The molecule has 1 aliphatic rings. The smallest absolute Gasteiger partial charge is 0.302 e. The standard InChI is InChI=1S/C40H50N6O6S/c1-5-7-19-50-20-21-51-36-12-8-32(9-13-36)34-23-33(39(41-24-34)45-18-16-31(25-45)26-52-30(4)47)22-29(3)40(48)43-35-10-14-37(15-11-35)53(49)27-38-44-42-28-46(38)17-6-2/h8-15,22-24,28,31H,5-7,16-21,25-27H2,1-4H3,(H,43,48). The molecule has 1 fully saturated rings. The van der Waals surface area contributed by atoms with E-state index in [4.69, 9.17) is 19.2 Å². The van der Waals surface area contributed by atoms with Crippen LogP contribution in [0.15, 0.2) is 77.6 Å². The van der Waals surface area contributed by atoms with Gasteiger partial charge in [0, 0.05) is 72.6 Å². The van der Waals surface area contributed by atoms with Crippen molar-refractivity contribution < 1.29 is 28.0 Å². The van der Waals surface area contributed by atoms with Crippen LogP contribution >= 0.6 is 0 Å². The van der Waals surface area contributed by atoms with Crippen LogP contribution in [0.3, 0.4) is 0 Å². The number of aromatic nitrogens is 4. The molecule has 282 valence electrons. The summed E-state index contributed by atoms with van der Waals surface area (Å²) in [7, 11) is -1.31. The van der Waals surface area contributed by atoms with Gasteiger partial charge in [-0.2, -0.15) is 0 Å². The maximum absolute atomic E-state index is 13.5. The number of carbonyl (C=O) groups is 2. The number of hydrogen-bond acceptors (Lipinski definition) is 10. The van der Waals surface area contributed by atoms with Crippen LogP contribution in [-0.2, 0) is 42.2 Å². The molecule has 0 bridgehead atoms. The van der Waals surface area contributed by atoms with Crippen molar-refractivity contribution in [3.05, 3.63) is 84.1 Å².